The van der Waals surface area contributed by atoms with Gasteiger partial charge in [-0.05, 0) is 53.4 Å². The molecule has 11 aromatic rings. The van der Waals surface area contributed by atoms with E-state index >= 15 is 0 Å². The molecule has 0 aliphatic carbocycles. The summed E-state index contributed by atoms with van der Waals surface area (Å²) in [6, 6.07) is 7.88. The summed E-state index contributed by atoms with van der Waals surface area (Å²) < 4.78 is 157. The predicted octanol–water partition coefficient (Wildman–Crippen LogP) is 11.8. The molecule has 0 unspecified atom stereocenters. The number of rotatable bonds is 4. The van der Waals surface area contributed by atoms with Crippen molar-refractivity contribution in [3.63, 3.8) is 0 Å². The van der Waals surface area contributed by atoms with E-state index in [0.29, 0.717) is 11.1 Å². The molecule has 0 bridgehead atoms. The monoisotopic (exact) mass is 670 g/mol. The molecule has 0 N–H and O–H groups in total. The Hall–Kier alpha value is -7.05. The van der Waals surface area contributed by atoms with E-state index < -0.39 is 102 Å². The number of benzene rings is 7. The lowest BCUT2D eigenvalue weighted by Crippen LogP contribution is -2.06. The number of aromatic nitrogens is 4. The lowest BCUT2D eigenvalue weighted by atomic mass is 9.99. The summed E-state index contributed by atoms with van der Waals surface area (Å²) in [5.41, 5.74) is -1.04. The highest BCUT2D eigenvalue weighted by Crippen LogP contribution is 2.41. The number of fused-ring (bicyclic) bond motifs is 10. The van der Waals surface area contributed by atoms with Gasteiger partial charge in [0.2, 0.25) is 5.95 Å². The summed E-state index contributed by atoms with van der Waals surface area (Å²) in [6.45, 7) is 0. The van der Waals surface area contributed by atoms with Crippen molar-refractivity contribution in [3.8, 4) is 39.9 Å². The van der Waals surface area contributed by atoms with Crippen LogP contribution in [0.2, 0.25) is 0 Å². The van der Waals surface area contributed by atoms with Crippen LogP contribution in [0.25, 0.3) is 106 Å². The summed E-state index contributed by atoms with van der Waals surface area (Å²) in [5, 5.41) is -0.832. The first-order valence-electron chi connectivity index (χ1n) is 23.7. The van der Waals surface area contributed by atoms with Crippen molar-refractivity contribution in [3.05, 3.63) is 157 Å². The Kier molecular flexibility index (Phi) is 3.48. The number of nitrogens with zero attached hydrogens (tertiary/aromatic N) is 4. The minimum atomic E-state index is -0.696. The minimum Gasteiger partial charge on any atom is -0.456 e. The number of hydrogen-bond acceptors (Lipinski definition) is 5. The van der Waals surface area contributed by atoms with E-state index in [1.54, 1.807) is 60.7 Å². The summed E-state index contributed by atoms with van der Waals surface area (Å²) in [4.78, 5) is 14.2. The van der Waals surface area contributed by atoms with Crippen molar-refractivity contribution in [2.75, 3.05) is 0 Å². The fraction of sp³-hybridized carbons (Fsp3) is 0. The number of hydrogen-bond donors (Lipinski definition) is 0. The maximum absolute atomic E-state index is 9.62. The van der Waals surface area contributed by atoms with Crippen LogP contribution in [0.15, 0.2) is 166 Å². The van der Waals surface area contributed by atoms with E-state index in [1.165, 1.54) is 0 Å². The zero-order valence-corrected chi connectivity index (χ0v) is 25.9. The summed E-state index contributed by atoms with van der Waals surface area (Å²) in [5.74, 6) is -0.918. The van der Waals surface area contributed by atoms with Crippen LogP contribution in [-0.2, 0) is 0 Å². The molecule has 0 aliphatic rings. The van der Waals surface area contributed by atoms with Crippen molar-refractivity contribution < 1.29 is 30.8 Å². The molecular weight excluding hydrogens is 629 g/mol. The largest absolute Gasteiger partial charge is 0.456 e. The predicted molar refractivity (Wildman–Crippen MR) is 205 cm³/mol. The highest BCUT2D eigenvalue weighted by Gasteiger charge is 2.22. The van der Waals surface area contributed by atoms with E-state index in [4.69, 9.17) is 38.9 Å². The third-order valence-corrected chi connectivity index (χ3v) is 8.69. The number of furan rings is 2. The van der Waals surface area contributed by atoms with Gasteiger partial charge in [0, 0.05) is 38.1 Å². The van der Waals surface area contributed by atoms with E-state index in [-0.39, 0.29) is 88.7 Å². The Balaban J connectivity index is 1.33. The van der Waals surface area contributed by atoms with Crippen molar-refractivity contribution in [2.45, 2.75) is 0 Å². The Morgan fingerprint density at radius 1 is 0.471 bits per heavy atom. The second kappa shape index (κ2) is 10.7. The van der Waals surface area contributed by atoms with Crippen molar-refractivity contribution in [2.24, 2.45) is 0 Å². The average Bonchev–Trinajstić information content (AvgIpc) is 4.04. The maximum Gasteiger partial charge on any atom is 0.238 e. The summed E-state index contributed by atoms with van der Waals surface area (Å²) in [6.07, 6.45) is 0. The first-order valence-corrected chi connectivity index (χ1v) is 15.7. The quantitative estimate of drug-likeness (QED) is 0.186. The molecule has 0 saturated heterocycles. The van der Waals surface area contributed by atoms with Crippen molar-refractivity contribution in [1.29, 1.82) is 0 Å². The SMILES string of the molecule is [2H]c1c([2H])c(-c2ccccc2)c2c(oc3c([2H])c(-c4nc(-c5ccccc5)nc(-n5c6c([2H])c([2H])c([2H])c([2H])c6c6c([2H])c([2H])c7oc8c([2H])c([2H])c([2H])c([2H])c8c7c65)n4)c([2H])c([2H])c32)c1[2H]. The molecular formula is C45H26N4O2. The zero-order chi connectivity index (χ0) is 47.4. The first kappa shape index (κ1) is 16.6. The molecule has 4 heterocycles. The van der Waals surface area contributed by atoms with Gasteiger partial charge in [-0.2, -0.15) is 9.97 Å². The van der Waals surface area contributed by atoms with Gasteiger partial charge in [0.25, 0.3) is 0 Å². The molecule has 4 aromatic heterocycles. The van der Waals surface area contributed by atoms with Gasteiger partial charge >= 0.3 is 0 Å². The van der Waals surface area contributed by atoms with E-state index in [2.05, 4.69) is 0 Å². The zero-order valence-electron chi connectivity index (χ0n) is 41.9. The lowest BCUT2D eigenvalue weighted by Gasteiger charge is -2.11. The fourth-order valence-electron chi connectivity index (χ4n) is 6.48. The van der Waals surface area contributed by atoms with Crippen LogP contribution >= 0.6 is 0 Å². The second-order valence-corrected chi connectivity index (χ2v) is 11.6. The van der Waals surface area contributed by atoms with Crippen molar-refractivity contribution in [1.82, 2.24) is 19.5 Å². The van der Waals surface area contributed by atoms with Gasteiger partial charge in [-0.1, -0.05) is 115 Å². The summed E-state index contributed by atoms with van der Waals surface area (Å²) in [7, 11) is 0. The highest BCUT2D eigenvalue weighted by atomic mass is 16.3. The van der Waals surface area contributed by atoms with Gasteiger partial charge in [-0.25, -0.2) is 4.98 Å². The van der Waals surface area contributed by atoms with Crippen LogP contribution in [0.1, 0.15) is 21.9 Å². The van der Waals surface area contributed by atoms with Gasteiger partial charge in [0.15, 0.2) is 11.6 Å². The van der Waals surface area contributed by atoms with Gasteiger partial charge in [0.1, 0.15) is 22.3 Å². The normalized spacial score (nSPS) is 16.3. The molecule has 0 fully saturated rings. The molecule has 51 heavy (non-hydrogen) atoms. The molecule has 11 rings (SSSR count). The van der Waals surface area contributed by atoms with Crippen LogP contribution in [-0.4, -0.2) is 19.5 Å². The van der Waals surface area contributed by atoms with Gasteiger partial charge < -0.3 is 8.83 Å². The molecule has 238 valence electrons. The smallest absolute Gasteiger partial charge is 0.238 e. The second-order valence-electron chi connectivity index (χ2n) is 11.6. The molecule has 0 spiro atoms. The molecule has 7 aromatic carbocycles. The van der Waals surface area contributed by atoms with Crippen molar-refractivity contribution >= 4 is 65.7 Å². The third kappa shape index (κ3) is 4.20. The standard InChI is InChI=1S/C45H26N4O2/c1-3-12-27(13-4-1)30-18-11-21-37-40(30)34-23-22-29(26-39(34)51-37)44-46-43(28-14-5-2-6-15-28)47-45(48-44)49-35-19-9-7-16-31(35)32-24-25-38-41(42(32)49)33-17-8-10-20-36(33)50-38/h1-26H/i7D,8D,9D,10D,11D,16D,17D,18D,19D,20D,21D,22D,23D,24D,25D,26D. The molecule has 0 aliphatic heterocycles. The van der Waals surface area contributed by atoms with E-state index in [0.717, 1.165) is 4.57 Å². The fourth-order valence-corrected chi connectivity index (χ4v) is 6.48. The Morgan fingerprint density at radius 2 is 1.12 bits per heavy atom. The molecule has 6 nitrogen and oxygen atoms in total. The van der Waals surface area contributed by atoms with Crippen LogP contribution in [0.3, 0.4) is 0 Å². The van der Waals surface area contributed by atoms with Gasteiger partial charge in [-0.3, -0.25) is 4.57 Å². The molecule has 0 saturated carbocycles. The molecule has 0 amide bonds. The maximum atomic E-state index is 9.62. The minimum absolute atomic E-state index is 0.0708. The van der Waals surface area contributed by atoms with Gasteiger partial charge in [0.05, 0.1) is 38.4 Å². The van der Waals surface area contributed by atoms with Crippen LogP contribution in [0, 0.1) is 0 Å². The molecule has 0 radical (unpaired) electrons. The topological polar surface area (TPSA) is 69.9 Å². The Labute approximate surface area is 313 Å². The van der Waals surface area contributed by atoms with Crippen LogP contribution in [0.4, 0.5) is 0 Å². The molecule has 6 heteroatoms. The molecule has 0 atom stereocenters. The lowest BCUT2D eigenvalue weighted by molar-refractivity contribution is 0.668. The number of para-hydroxylation sites is 2. The van der Waals surface area contributed by atoms with Gasteiger partial charge in [-0.15, -0.1) is 0 Å². The highest BCUT2D eigenvalue weighted by molar-refractivity contribution is 6.24. The summed E-state index contributed by atoms with van der Waals surface area (Å²) >= 11 is 0. The Bertz CT molecular complexity index is 4060. The Morgan fingerprint density at radius 3 is 1.96 bits per heavy atom. The third-order valence-electron chi connectivity index (χ3n) is 8.69. The van der Waals surface area contributed by atoms with Crippen LogP contribution in [0.5, 0.6) is 0 Å². The first-order chi connectivity index (χ1) is 32.0. The average molecular weight is 671 g/mol. The van der Waals surface area contributed by atoms with Crippen LogP contribution < -0.4 is 0 Å². The van der Waals surface area contributed by atoms with E-state index in [1.807, 2.05) is 0 Å². The van der Waals surface area contributed by atoms with E-state index in [9.17, 15) is 6.85 Å².